The molecule has 0 saturated carbocycles. The van der Waals surface area contributed by atoms with Crippen molar-refractivity contribution in [3.63, 3.8) is 0 Å². The fraction of sp³-hybridized carbons (Fsp3) is 0.0741. The molecule has 6 nitrogen and oxygen atoms in total. The average molecular weight is 539 g/mol. The molecular formula is C27H23ClN2O4S2. The van der Waals surface area contributed by atoms with E-state index in [0.29, 0.717) is 34.3 Å². The van der Waals surface area contributed by atoms with E-state index < -0.39 is 10.0 Å². The SMILES string of the molecule is O=C(Nc1ccc(S(=O)(=O)Nc2ccccc2Cl)cc1)c1ccc(OCCSc2ccccc2)cc1. The second-order valence-corrected chi connectivity index (χ2v) is 10.9. The number of hydrogen-bond donors (Lipinski definition) is 2. The fourth-order valence-corrected chi connectivity index (χ4v) is 5.28. The van der Waals surface area contributed by atoms with Gasteiger partial charge in [0.15, 0.2) is 0 Å². The van der Waals surface area contributed by atoms with E-state index in [1.54, 1.807) is 60.3 Å². The van der Waals surface area contributed by atoms with Crippen molar-refractivity contribution in [2.45, 2.75) is 9.79 Å². The zero-order valence-corrected chi connectivity index (χ0v) is 21.4. The smallest absolute Gasteiger partial charge is 0.261 e. The number of carbonyl (C=O) groups is 1. The lowest BCUT2D eigenvalue weighted by atomic mass is 10.2. The van der Waals surface area contributed by atoms with Crippen molar-refractivity contribution in [1.29, 1.82) is 0 Å². The van der Waals surface area contributed by atoms with Crippen LogP contribution in [-0.2, 0) is 10.0 Å². The van der Waals surface area contributed by atoms with Crippen LogP contribution in [0.15, 0.2) is 113 Å². The number of halogens is 1. The quantitative estimate of drug-likeness (QED) is 0.176. The van der Waals surface area contributed by atoms with E-state index in [-0.39, 0.29) is 10.8 Å². The first kappa shape index (κ1) is 25.6. The molecule has 4 rings (SSSR count). The van der Waals surface area contributed by atoms with Crippen LogP contribution in [0.2, 0.25) is 5.02 Å². The minimum atomic E-state index is -3.83. The number of nitrogens with one attached hydrogen (secondary N) is 2. The van der Waals surface area contributed by atoms with Crippen molar-refractivity contribution in [1.82, 2.24) is 0 Å². The van der Waals surface area contributed by atoms with Crippen molar-refractivity contribution in [2.24, 2.45) is 0 Å². The molecule has 36 heavy (non-hydrogen) atoms. The van der Waals surface area contributed by atoms with Crippen LogP contribution in [0.25, 0.3) is 0 Å². The topological polar surface area (TPSA) is 84.5 Å². The Bertz CT molecular complexity index is 1410. The standard InChI is InChI=1S/C27H23ClN2O4S2/c28-25-8-4-5-9-26(25)30-36(32,33)24-16-12-21(13-17-24)29-27(31)20-10-14-22(15-11-20)34-18-19-35-23-6-2-1-3-7-23/h1-17,30H,18-19H2,(H,29,31). The monoisotopic (exact) mass is 538 g/mol. The predicted molar refractivity (Wildman–Crippen MR) is 146 cm³/mol. The molecule has 184 valence electrons. The number of benzene rings is 4. The molecule has 0 aliphatic rings. The lowest BCUT2D eigenvalue weighted by Crippen LogP contribution is -2.14. The Hall–Kier alpha value is -3.46. The van der Waals surface area contributed by atoms with Crippen LogP contribution in [0.3, 0.4) is 0 Å². The molecule has 0 aliphatic heterocycles. The summed E-state index contributed by atoms with van der Waals surface area (Å²) >= 11 is 7.76. The van der Waals surface area contributed by atoms with Crippen LogP contribution in [0.1, 0.15) is 10.4 Å². The van der Waals surface area contributed by atoms with Gasteiger partial charge in [0, 0.05) is 21.9 Å². The Morgan fingerprint density at radius 3 is 2.19 bits per heavy atom. The van der Waals surface area contributed by atoms with Crippen LogP contribution >= 0.6 is 23.4 Å². The summed E-state index contributed by atoms with van der Waals surface area (Å²) in [5, 5.41) is 3.06. The third kappa shape index (κ3) is 7.04. The summed E-state index contributed by atoms with van der Waals surface area (Å²) in [5.41, 5.74) is 1.21. The van der Waals surface area contributed by atoms with Gasteiger partial charge in [-0.25, -0.2) is 8.42 Å². The van der Waals surface area contributed by atoms with Gasteiger partial charge in [-0.3, -0.25) is 9.52 Å². The molecule has 0 bridgehead atoms. The van der Waals surface area contributed by atoms with Gasteiger partial charge >= 0.3 is 0 Å². The summed E-state index contributed by atoms with van der Waals surface area (Å²) in [7, 11) is -3.83. The number of thioether (sulfide) groups is 1. The van der Waals surface area contributed by atoms with Gasteiger partial charge < -0.3 is 10.1 Å². The van der Waals surface area contributed by atoms with Gasteiger partial charge in [0.25, 0.3) is 15.9 Å². The van der Waals surface area contributed by atoms with Crippen molar-refractivity contribution >= 4 is 50.7 Å². The summed E-state index contributed by atoms with van der Waals surface area (Å²) < 4.78 is 33.5. The van der Waals surface area contributed by atoms with Crippen molar-refractivity contribution in [3.8, 4) is 5.75 Å². The molecule has 4 aromatic rings. The molecule has 0 saturated heterocycles. The van der Waals surface area contributed by atoms with Crippen molar-refractivity contribution in [2.75, 3.05) is 22.4 Å². The van der Waals surface area contributed by atoms with E-state index in [0.717, 1.165) is 5.75 Å². The number of carbonyl (C=O) groups excluding carboxylic acids is 1. The van der Waals surface area contributed by atoms with E-state index in [1.807, 2.05) is 18.2 Å². The maximum absolute atomic E-state index is 12.6. The molecular weight excluding hydrogens is 516 g/mol. The molecule has 0 radical (unpaired) electrons. The van der Waals surface area contributed by atoms with Crippen molar-refractivity contribution < 1.29 is 17.9 Å². The number of anilines is 2. The fourth-order valence-electron chi connectivity index (χ4n) is 3.21. The molecule has 0 unspecified atom stereocenters. The van der Waals surface area contributed by atoms with Crippen LogP contribution in [0, 0.1) is 0 Å². The Kier molecular flexibility index (Phi) is 8.53. The van der Waals surface area contributed by atoms with E-state index in [9.17, 15) is 13.2 Å². The Balaban J connectivity index is 1.29. The highest BCUT2D eigenvalue weighted by atomic mass is 35.5. The first-order chi connectivity index (χ1) is 17.4. The first-order valence-electron chi connectivity index (χ1n) is 11.0. The largest absolute Gasteiger partial charge is 0.493 e. The minimum absolute atomic E-state index is 0.0485. The predicted octanol–water partition coefficient (Wildman–Crippen LogP) is 6.56. The third-order valence-electron chi connectivity index (χ3n) is 5.02. The maximum Gasteiger partial charge on any atom is 0.261 e. The van der Waals surface area contributed by atoms with Gasteiger partial charge in [-0.05, 0) is 72.8 Å². The van der Waals surface area contributed by atoms with E-state index >= 15 is 0 Å². The lowest BCUT2D eigenvalue weighted by molar-refractivity contribution is 0.102. The number of sulfonamides is 1. The molecule has 4 aromatic carbocycles. The van der Waals surface area contributed by atoms with Gasteiger partial charge in [0.2, 0.25) is 0 Å². The summed E-state index contributed by atoms with van der Waals surface area (Å²) in [6.07, 6.45) is 0. The van der Waals surface area contributed by atoms with Gasteiger partial charge in [-0.1, -0.05) is 41.9 Å². The first-order valence-corrected chi connectivity index (χ1v) is 13.8. The average Bonchev–Trinajstić information content (AvgIpc) is 2.89. The van der Waals surface area contributed by atoms with E-state index in [1.165, 1.54) is 29.2 Å². The van der Waals surface area contributed by atoms with Gasteiger partial charge in [0.1, 0.15) is 5.75 Å². The molecule has 0 atom stereocenters. The molecule has 0 aliphatic carbocycles. The molecule has 0 fully saturated rings. The number of amides is 1. The molecule has 2 N–H and O–H groups in total. The normalized spacial score (nSPS) is 11.0. The number of hydrogen-bond acceptors (Lipinski definition) is 5. The second-order valence-electron chi connectivity index (χ2n) is 7.60. The molecule has 0 spiro atoms. The van der Waals surface area contributed by atoms with Crippen LogP contribution < -0.4 is 14.8 Å². The molecule has 9 heteroatoms. The van der Waals surface area contributed by atoms with E-state index in [2.05, 4.69) is 22.2 Å². The van der Waals surface area contributed by atoms with Crippen LogP contribution in [-0.4, -0.2) is 26.7 Å². The van der Waals surface area contributed by atoms with E-state index in [4.69, 9.17) is 16.3 Å². The Morgan fingerprint density at radius 1 is 0.833 bits per heavy atom. The summed E-state index contributed by atoms with van der Waals surface area (Å²) in [4.78, 5) is 13.8. The van der Waals surface area contributed by atoms with Crippen LogP contribution in [0.4, 0.5) is 11.4 Å². The molecule has 0 aromatic heterocycles. The number of rotatable bonds is 10. The third-order valence-corrected chi connectivity index (χ3v) is 7.71. The highest BCUT2D eigenvalue weighted by molar-refractivity contribution is 7.99. The maximum atomic E-state index is 12.6. The summed E-state index contributed by atoms with van der Waals surface area (Å²) in [6, 6.07) is 29.4. The van der Waals surface area contributed by atoms with Crippen molar-refractivity contribution in [3.05, 3.63) is 114 Å². The van der Waals surface area contributed by atoms with Gasteiger partial charge in [-0.2, -0.15) is 0 Å². The lowest BCUT2D eigenvalue weighted by Gasteiger charge is -2.11. The summed E-state index contributed by atoms with van der Waals surface area (Å²) in [5.74, 6) is 1.18. The Labute approximate surface area is 219 Å². The molecule has 1 amide bonds. The minimum Gasteiger partial charge on any atom is -0.493 e. The zero-order chi connectivity index (χ0) is 25.4. The highest BCUT2D eigenvalue weighted by Gasteiger charge is 2.16. The number of ether oxygens (including phenoxy) is 1. The van der Waals surface area contributed by atoms with Gasteiger partial charge in [0.05, 0.1) is 22.2 Å². The Morgan fingerprint density at radius 2 is 1.50 bits per heavy atom. The van der Waals surface area contributed by atoms with Gasteiger partial charge in [-0.15, -0.1) is 11.8 Å². The highest BCUT2D eigenvalue weighted by Crippen LogP contribution is 2.25. The zero-order valence-electron chi connectivity index (χ0n) is 19.1. The summed E-state index contributed by atoms with van der Waals surface area (Å²) in [6.45, 7) is 0.547. The molecule has 0 heterocycles. The second kappa shape index (κ2) is 12.0. The number of para-hydroxylation sites is 1. The van der Waals surface area contributed by atoms with Crippen LogP contribution in [0.5, 0.6) is 5.75 Å².